The number of halogens is 6. The van der Waals surface area contributed by atoms with Gasteiger partial charge in [0.15, 0.2) is 0 Å². The second kappa shape index (κ2) is 7.47. The lowest BCUT2D eigenvalue weighted by molar-refractivity contribution is -0.274. The molecule has 2 N–H and O–H groups in total. The first-order valence-electron chi connectivity index (χ1n) is 5.82. The van der Waals surface area contributed by atoms with Crippen molar-refractivity contribution in [2.45, 2.75) is 12.4 Å². The van der Waals surface area contributed by atoms with E-state index in [1.165, 1.54) is 18.2 Å². The fourth-order valence-corrected chi connectivity index (χ4v) is 2.32. The summed E-state index contributed by atoms with van der Waals surface area (Å²) in [6.45, 7) is 0. The highest BCUT2D eigenvalue weighted by Crippen LogP contribution is 2.27. The largest absolute Gasteiger partial charge is 0.573 e. The first kappa shape index (κ1) is 19.0. The molecule has 0 aliphatic carbocycles. The van der Waals surface area contributed by atoms with Crippen LogP contribution >= 0.6 is 35.0 Å². The van der Waals surface area contributed by atoms with Gasteiger partial charge in [0.25, 0.3) is 0 Å². The lowest BCUT2D eigenvalue weighted by atomic mass is 9.99. The van der Waals surface area contributed by atoms with Gasteiger partial charge in [-0.05, 0) is 58.5 Å². The molecule has 0 bridgehead atoms. The zero-order valence-electron chi connectivity index (χ0n) is 10.9. The van der Waals surface area contributed by atoms with Crippen molar-refractivity contribution in [2.24, 2.45) is 5.73 Å². The molecular weight excluding hydrogens is 437 g/mol. The Hall–Kier alpha value is -1.06. The maximum Gasteiger partial charge on any atom is 0.573 e. The molecule has 22 heavy (non-hydrogen) atoms. The van der Waals surface area contributed by atoms with E-state index in [9.17, 15) is 17.6 Å². The van der Waals surface area contributed by atoms with Gasteiger partial charge in [0.2, 0.25) is 0 Å². The molecule has 0 aromatic heterocycles. The molecule has 120 valence electrons. The average Bonchev–Trinajstić information content (AvgIpc) is 2.40. The molecule has 0 saturated carbocycles. The third-order valence-electron chi connectivity index (χ3n) is 2.77. The minimum Gasteiger partial charge on any atom is -0.406 e. The highest BCUT2D eigenvalue weighted by atomic mass is 127. The van der Waals surface area contributed by atoms with E-state index in [2.05, 4.69) is 4.74 Å². The molecule has 2 aromatic rings. The van der Waals surface area contributed by atoms with Crippen molar-refractivity contribution < 1.29 is 22.3 Å². The SMILES string of the molecule is Cl.N[C@@H](c1ccc(OC(F)(F)F)cc1)c1cc(I)ccc1F. The molecule has 0 heterocycles. The standard InChI is InChI=1S/C14H10F4INO.ClH/c15-12-6-3-9(19)7-11(12)13(20)8-1-4-10(5-2-8)21-14(16,17)18;/h1-7,13H,20H2;1H/t13-;/m0./s1. The van der Waals surface area contributed by atoms with Gasteiger partial charge in [-0.25, -0.2) is 4.39 Å². The minimum atomic E-state index is -4.74. The Balaban J connectivity index is 0.00000242. The first-order valence-corrected chi connectivity index (χ1v) is 6.90. The maximum atomic E-state index is 13.8. The predicted octanol–water partition coefficient (Wildman–Crippen LogP) is 4.80. The van der Waals surface area contributed by atoms with E-state index in [1.807, 2.05) is 22.6 Å². The summed E-state index contributed by atoms with van der Waals surface area (Å²) in [5, 5.41) is 0. The van der Waals surface area contributed by atoms with Gasteiger partial charge in [0.1, 0.15) is 11.6 Å². The number of ether oxygens (including phenoxy) is 1. The van der Waals surface area contributed by atoms with Gasteiger partial charge in [-0.3, -0.25) is 0 Å². The molecule has 0 fully saturated rings. The van der Waals surface area contributed by atoms with Gasteiger partial charge < -0.3 is 10.5 Å². The van der Waals surface area contributed by atoms with Gasteiger partial charge in [0.05, 0.1) is 6.04 Å². The molecule has 0 amide bonds. The van der Waals surface area contributed by atoms with Crippen LogP contribution in [0.2, 0.25) is 0 Å². The molecule has 0 aliphatic heterocycles. The Bertz CT molecular complexity index is 634. The Labute approximate surface area is 144 Å². The Morgan fingerprint density at radius 2 is 1.64 bits per heavy atom. The fourth-order valence-electron chi connectivity index (χ4n) is 1.81. The van der Waals surface area contributed by atoms with Crippen molar-refractivity contribution in [3.63, 3.8) is 0 Å². The van der Waals surface area contributed by atoms with E-state index >= 15 is 0 Å². The highest BCUT2D eigenvalue weighted by Gasteiger charge is 2.31. The normalized spacial score (nSPS) is 12.5. The number of hydrogen-bond donors (Lipinski definition) is 1. The highest BCUT2D eigenvalue weighted by molar-refractivity contribution is 14.1. The molecule has 0 saturated heterocycles. The Morgan fingerprint density at radius 1 is 1.05 bits per heavy atom. The minimum absolute atomic E-state index is 0. The van der Waals surface area contributed by atoms with Crippen LogP contribution in [0, 0.1) is 9.39 Å². The number of nitrogens with two attached hydrogens (primary N) is 1. The lowest BCUT2D eigenvalue weighted by Gasteiger charge is -2.15. The van der Waals surface area contributed by atoms with E-state index in [1.54, 1.807) is 12.1 Å². The zero-order chi connectivity index (χ0) is 15.6. The van der Waals surface area contributed by atoms with Crippen LogP contribution in [0.25, 0.3) is 0 Å². The van der Waals surface area contributed by atoms with Crippen LogP contribution in [0.4, 0.5) is 17.6 Å². The summed E-state index contributed by atoms with van der Waals surface area (Å²) in [5.41, 5.74) is 6.73. The lowest BCUT2D eigenvalue weighted by Crippen LogP contribution is -2.17. The molecule has 1 atom stereocenters. The number of hydrogen-bond acceptors (Lipinski definition) is 2. The number of benzene rings is 2. The summed E-state index contributed by atoms with van der Waals surface area (Å²) in [5.74, 6) is -0.805. The second-order valence-electron chi connectivity index (χ2n) is 4.26. The van der Waals surface area contributed by atoms with Crippen LogP contribution in [0.15, 0.2) is 42.5 Å². The molecule has 2 rings (SSSR count). The molecule has 2 aromatic carbocycles. The van der Waals surface area contributed by atoms with Crippen LogP contribution in [0.3, 0.4) is 0 Å². The Kier molecular flexibility index (Phi) is 6.45. The van der Waals surface area contributed by atoms with Crippen LogP contribution in [0.1, 0.15) is 17.2 Å². The average molecular weight is 448 g/mol. The summed E-state index contributed by atoms with van der Waals surface area (Å²) in [6, 6.07) is 8.80. The van der Waals surface area contributed by atoms with E-state index in [0.29, 0.717) is 5.56 Å². The van der Waals surface area contributed by atoms with Gasteiger partial charge in [-0.2, -0.15) is 0 Å². The first-order chi connectivity index (χ1) is 9.76. The maximum absolute atomic E-state index is 13.8. The summed E-state index contributed by atoms with van der Waals surface area (Å²) in [4.78, 5) is 0. The monoisotopic (exact) mass is 447 g/mol. The quantitative estimate of drug-likeness (QED) is 0.542. The van der Waals surface area contributed by atoms with Gasteiger partial charge >= 0.3 is 6.36 Å². The number of rotatable bonds is 3. The van der Waals surface area contributed by atoms with Crippen molar-refractivity contribution in [3.05, 3.63) is 63.0 Å². The van der Waals surface area contributed by atoms with Crippen LogP contribution in [-0.2, 0) is 0 Å². The van der Waals surface area contributed by atoms with Gasteiger partial charge in [-0.15, -0.1) is 25.6 Å². The van der Waals surface area contributed by atoms with Crippen molar-refractivity contribution in [3.8, 4) is 5.75 Å². The zero-order valence-corrected chi connectivity index (χ0v) is 13.9. The third kappa shape index (κ3) is 4.99. The molecule has 0 radical (unpaired) electrons. The topological polar surface area (TPSA) is 35.2 Å². The van der Waals surface area contributed by atoms with Gasteiger partial charge in [0, 0.05) is 9.13 Å². The summed E-state index contributed by atoms with van der Waals surface area (Å²) < 4.78 is 54.5. The van der Waals surface area contributed by atoms with Gasteiger partial charge in [-0.1, -0.05) is 12.1 Å². The summed E-state index contributed by atoms with van der Waals surface area (Å²) in [7, 11) is 0. The summed E-state index contributed by atoms with van der Waals surface area (Å²) >= 11 is 2.03. The van der Waals surface area contributed by atoms with Crippen LogP contribution in [0.5, 0.6) is 5.75 Å². The smallest absolute Gasteiger partial charge is 0.406 e. The van der Waals surface area contributed by atoms with Crippen molar-refractivity contribution in [2.75, 3.05) is 0 Å². The van der Waals surface area contributed by atoms with Crippen molar-refractivity contribution in [1.82, 2.24) is 0 Å². The van der Waals surface area contributed by atoms with E-state index < -0.39 is 18.2 Å². The number of alkyl halides is 3. The van der Waals surface area contributed by atoms with E-state index in [0.717, 1.165) is 15.7 Å². The Morgan fingerprint density at radius 3 is 2.18 bits per heavy atom. The molecule has 2 nitrogen and oxygen atoms in total. The predicted molar refractivity (Wildman–Crippen MR) is 85.5 cm³/mol. The van der Waals surface area contributed by atoms with E-state index in [4.69, 9.17) is 5.73 Å². The molecule has 0 aliphatic rings. The second-order valence-corrected chi connectivity index (χ2v) is 5.51. The summed E-state index contributed by atoms with van der Waals surface area (Å²) in [6.07, 6.45) is -4.74. The molecule has 8 heteroatoms. The molecule has 0 unspecified atom stereocenters. The van der Waals surface area contributed by atoms with Crippen LogP contribution in [-0.4, -0.2) is 6.36 Å². The fraction of sp³-hybridized carbons (Fsp3) is 0.143. The van der Waals surface area contributed by atoms with E-state index in [-0.39, 0.29) is 23.7 Å². The van der Waals surface area contributed by atoms with Crippen molar-refractivity contribution >= 4 is 35.0 Å². The van der Waals surface area contributed by atoms with Crippen molar-refractivity contribution in [1.29, 1.82) is 0 Å². The molecular formula is C14H11ClF4INO. The van der Waals surface area contributed by atoms with Crippen LogP contribution < -0.4 is 10.5 Å². The molecule has 0 spiro atoms. The third-order valence-corrected chi connectivity index (χ3v) is 3.44.